The topological polar surface area (TPSA) is 70.5 Å². The largest absolute Gasteiger partial charge is 0.506 e. The van der Waals surface area contributed by atoms with Crippen molar-refractivity contribution in [3.05, 3.63) is 48.2 Å². The van der Waals surface area contributed by atoms with Crippen LogP contribution in [0.2, 0.25) is 0 Å². The molecule has 4 rings (SSSR count). The maximum Gasteiger partial charge on any atom is 0.194 e. The molecule has 0 aliphatic carbocycles. The first-order valence-electron chi connectivity index (χ1n) is 11.0. The van der Waals surface area contributed by atoms with Crippen LogP contribution >= 0.6 is 24.0 Å². The molecule has 2 aromatic rings. The Morgan fingerprint density at radius 1 is 1.00 bits per heavy atom. The first kappa shape index (κ1) is 24.4. The molecule has 2 aliphatic rings. The third-order valence-electron chi connectivity index (χ3n) is 6.10. The highest BCUT2D eigenvalue weighted by molar-refractivity contribution is 14.0. The van der Waals surface area contributed by atoms with Gasteiger partial charge in [0, 0.05) is 72.1 Å². The molecule has 1 aromatic heterocycles. The third-order valence-corrected chi connectivity index (χ3v) is 6.10. The average Bonchev–Trinajstić information content (AvgIpc) is 2.81. The minimum Gasteiger partial charge on any atom is -0.506 e. The molecule has 0 atom stereocenters. The molecular weight excluding hydrogens is 517 g/mol. The molecular formula is C23H34IN7O. The summed E-state index contributed by atoms with van der Waals surface area (Å²) in [5.41, 5.74) is 2.11. The fourth-order valence-electron chi connectivity index (χ4n) is 4.18. The van der Waals surface area contributed by atoms with E-state index >= 15 is 0 Å². The van der Waals surface area contributed by atoms with E-state index in [1.165, 1.54) is 5.56 Å². The molecule has 174 valence electrons. The third kappa shape index (κ3) is 5.94. The second kappa shape index (κ2) is 11.6. The van der Waals surface area contributed by atoms with Crippen molar-refractivity contribution in [1.82, 2.24) is 20.1 Å². The predicted molar refractivity (Wildman–Crippen MR) is 141 cm³/mol. The van der Waals surface area contributed by atoms with Crippen LogP contribution in [-0.2, 0) is 6.54 Å². The van der Waals surface area contributed by atoms with Gasteiger partial charge in [0.15, 0.2) is 5.96 Å². The number of hydrogen-bond donors (Lipinski definition) is 2. The lowest BCUT2D eigenvalue weighted by Crippen LogP contribution is -2.52. The number of nitrogens with one attached hydrogen (secondary N) is 1. The molecule has 0 amide bonds. The van der Waals surface area contributed by atoms with E-state index in [2.05, 4.69) is 54.1 Å². The van der Waals surface area contributed by atoms with Crippen LogP contribution in [0.4, 0.5) is 11.5 Å². The van der Waals surface area contributed by atoms with Crippen molar-refractivity contribution in [2.45, 2.75) is 6.54 Å². The molecule has 0 bridgehead atoms. The summed E-state index contributed by atoms with van der Waals surface area (Å²) in [7, 11) is 4.00. The maximum atomic E-state index is 10.1. The second-order valence-corrected chi connectivity index (χ2v) is 8.18. The number of benzene rings is 1. The molecule has 1 aromatic carbocycles. The first-order chi connectivity index (χ1) is 15.1. The number of rotatable bonds is 4. The lowest BCUT2D eigenvalue weighted by atomic mass is 10.2. The summed E-state index contributed by atoms with van der Waals surface area (Å²) < 4.78 is 0. The number of aromatic hydroxyl groups is 1. The summed E-state index contributed by atoms with van der Waals surface area (Å²) in [6, 6.07) is 11.8. The molecule has 0 radical (unpaired) electrons. The van der Waals surface area contributed by atoms with Crippen LogP contribution in [0.25, 0.3) is 0 Å². The molecule has 32 heavy (non-hydrogen) atoms. The van der Waals surface area contributed by atoms with E-state index in [0.29, 0.717) is 5.75 Å². The number of halogens is 1. The Labute approximate surface area is 207 Å². The van der Waals surface area contributed by atoms with Gasteiger partial charge in [0.2, 0.25) is 0 Å². The number of likely N-dealkylation sites (N-methyl/N-ethyl adjacent to an activating group) is 1. The highest BCUT2D eigenvalue weighted by Gasteiger charge is 2.21. The number of hydrogen-bond acceptors (Lipinski definition) is 6. The number of phenolic OH excluding ortho intramolecular Hbond substituents is 1. The van der Waals surface area contributed by atoms with Gasteiger partial charge in [-0.25, -0.2) is 4.98 Å². The Morgan fingerprint density at radius 2 is 1.69 bits per heavy atom. The van der Waals surface area contributed by atoms with Crippen molar-refractivity contribution in [1.29, 1.82) is 0 Å². The molecule has 2 fully saturated rings. The zero-order chi connectivity index (χ0) is 21.6. The summed E-state index contributed by atoms with van der Waals surface area (Å²) in [6.07, 6.45) is 1.90. The van der Waals surface area contributed by atoms with E-state index in [1.54, 1.807) is 6.07 Å². The van der Waals surface area contributed by atoms with Crippen LogP contribution in [0.3, 0.4) is 0 Å². The molecule has 0 unspecified atom stereocenters. The Hall–Kier alpha value is -2.27. The number of guanidine groups is 1. The van der Waals surface area contributed by atoms with E-state index in [4.69, 9.17) is 0 Å². The van der Waals surface area contributed by atoms with Gasteiger partial charge in [0.05, 0.1) is 5.69 Å². The molecule has 9 heteroatoms. The fourth-order valence-corrected chi connectivity index (χ4v) is 4.18. The highest BCUT2D eigenvalue weighted by atomic mass is 127. The molecule has 8 nitrogen and oxygen atoms in total. The van der Waals surface area contributed by atoms with Gasteiger partial charge >= 0.3 is 0 Å². The van der Waals surface area contributed by atoms with Crippen molar-refractivity contribution in [3.8, 4) is 5.75 Å². The van der Waals surface area contributed by atoms with Gasteiger partial charge in [-0.3, -0.25) is 4.99 Å². The molecule has 0 saturated carbocycles. The predicted octanol–water partition coefficient (Wildman–Crippen LogP) is 2.05. The van der Waals surface area contributed by atoms with Crippen LogP contribution in [0.5, 0.6) is 5.75 Å². The molecule has 2 N–H and O–H groups in total. The van der Waals surface area contributed by atoms with Gasteiger partial charge in [0.25, 0.3) is 0 Å². The SMILES string of the molecule is CN=C(NCc1ccnc(N2CCN(C)CC2)c1)N1CCN(c2ccccc2O)CC1.I. The Kier molecular flexibility index (Phi) is 8.80. The maximum absolute atomic E-state index is 10.1. The monoisotopic (exact) mass is 551 g/mol. The smallest absolute Gasteiger partial charge is 0.194 e. The number of aliphatic imine (C=N–C) groups is 1. The standard InChI is InChI=1S/C23H33N7O.HI/c1-24-23(30-15-13-28(14-16-30)20-5-3-4-6-21(20)31)26-18-19-7-8-25-22(17-19)29-11-9-27(2)10-12-29;/h3-8,17,31H,9-16,18H2,1-2H3,(H,24,26);1H. The summed E-state index contributed by atoms with van der Waals surface area (Å²) in [5.74, 6) is 2.31. The Bertz CT molecular complexity index is 893. The molecule has 3 heterocycles. The summed E-state index contributed by atoms with van der Waals surface area (Å²) in [5, 5.41) is 13.6. The van der Waals surface area contributed by atoms with Crippen LogP contribution < -0.4 is 15.1 Å². The van der Waals surface area contributed by atoms with Gasteiger partial charge in [0.1, 0.15) is 11.6 Å². The van der Waals surface area contributed by atoms with Gasteiger partial charge in [-0.15, -0.1) is 24.0 Å². The number of pyridine rings is 1. The molecule has 2 aliphatic heterocycles. The lowest BCUT2D eigenvalue weighted by Gasteiger charge is -2.37. The van der Waals surface area contributed by atoms with Crippen LogP contribution in [-0.4, -0.2) is 92.3 Å². The normalized spacial score (nSPS) is 17.8. The zero-order valence-electron chi connectivity index (χ0n) is 18.9. The van der Waals surface area contributed by atoms with Gasteiger partial charge in [-0.05, 0) is 36.9 Å². The quantitative estimate of drug-likeness (QED) is 0.343. The van der Waals surface area contributed by atoms with Crippen LogP contribution in [0, 0.1) is 0 Å². The number of nitrogens with zero attached hydrogens (tertiary/aromatic N) is 6. The van der Waals surface area contributed by atoms with Crippen molar-refractivity contribution in [3.63, 3.8) is 0 Å². The summed E-state index contributed by atoms with van der Waals surface area (Å²) in [4.78, 5) is 18.3. The Balaban J connectivity index is 0.00000289. The van der Waals surface area contributed by atoms with Gasteiger partial charge in [-0.2, -0.15) is 0 Å². The Morgan fingerprint density at radius 3 is 2.38 bits per heavy atom. The summed E-state index contributed by atoms with van der Waals surface area (Å²) >= 11 is 0. The number of para-hydroxylation sites is 2. The minimum atomic E-state index is 0. The van der Waals surface area contributed by atoms with Crippen molar-refractivity contribution < 1.29 is 5.11 Å². The van der Waals surface area contributed by atoms with E-state index < -0.39 is 0 Å². The van der Waals surface area contributed by atoms with E-state index in [0.717, 1.165) is 76.4 Å². The summed E-state index contributed by atoms with van der Waals surface area (Å²) in [6.45, 7) is 8.31. The number of aromatic nitrogens is 1. The molecule has 0 spiro atoms. The van der Waals surface area contributed by atoms with Crippen LogP contribution in [0.1, 0.15) is 5.56 Å². The highest BCUT2D eigenvalue weighted by Crippen LogP contribution is 2.27. The van der Waals surface area contributed by atoms with Gasteiger partial charge in [-0.1, -0.05) is 12.1 Å². The van der Waals surface area contributed by atoms with Crippen LogP contribution in [0.15, 0.2) is 47.6 Å². The van der Waals surface area contributed by atoms with Gasteiger partial charge < -0.3 is 30.0 Å². The number of phenols is 1. The van der Waals surface area contributed by atoms with Crippen molar-refractivity contribution >= 4 is 41.4 Å². The number of piperazine rings is 2. The van der Waals surface area contributed by atoms with Crippen molar-refractivity contribution in [2.24, 2.45) is 4.99 Å². The number of anilines is 2. The first-order valence-corrected chi connectivity index (χ1v) is 11.0. The van der Waals surface area contributed by atoms with E-state index in [1.807, 2.05) is 31.4 Å². The van der Waals surface area contributed by atoms with E-state index in [-0.39, 0.29) is 24.0 Å². The average molecular weight is 551 g/mol. The van der Waals surface area contributed by atoms with E-state index in [9.17, 15) is 5.11 Å². The zero-order valence-corrected chi connectivity index (χ0v) is 21.3. The second-order valence-electron chi connectivity index (χ2n) is 8.18. The lowest BCUT2D eigenvalue weighted by molar-refractivity contribution is 0.312. The molecule has 2 saturated heterocycles. The van der Waals surface area contributed by atoms with Crippen molar-refractivity contribution in [2.75, 3.05) is 76.3 Å². The minimum absolute atomic E-state index is 0. The fraction of sp³-hybridized carbons (Fsp3) is 0.478.